The van der Waals surface area contributed by atoms with Gasteiger partial charge in [-0.15, -0.1) is 0 Å². The predicted octanol–water partition coefficient (Wildman–Crippen LogP) is 0.0801. The Kier molecular flexibility index (Phi) is 4.94. The summed E-state index contributed by atoms with van der Waals surface area (Å²) in [6.45, 7) is 0.638. The van der Waals surface area contributed by atoms with Crippen LogP contribution in [0.25, 0.3) is 0 Å². The van der Waals surface area contributed by atoms with Crippen molar-refractivity contribution in [3.63, 3.8) is 0 Å². The van der Waals surface area contributed by atoms with E-state index >= 15 is 0 Å². The Labute approximate surface area is 125 Å². The molecule has 21 heavy (non-hydrogen) atoms. The largest absolute Gasteiger partial charge is 0.481 e. The minimum atomic E-state index is -3.53. The molecule has 0 aliphatic carbocycles. The number of sulfonamides is 1. The molecule has 9 heteroatoms. The third-order valence-electron chi connectivity index (χ3n) is 4.23. The van der Waals surface area contributed by atoms with Crippen molar-refractivity contribution in [3.8, 4) is 0 Å². The van der Waals surface area contributed by atoms with Crippen LogP contribution in [0.1, 0.15) is 32.1 Å². The van der Waals surface area contributed by atoms with Gasteiger partial charge in [0.1, 0.15) is 9.84 Å². The third-order valence-corrected chi connectivity index (χ3v) is 8.31. The lowest BCUT2D eigenvalue weighted by Gasteiger charge is -2.35. The Morgan fingerprint density at radius 3 is 2.38 bits per heavy atom. The fourth-order valence-electron chi connectivity index (χ4n) is 3.05. The van der Waals surface area contributed by atoms with Crippen molar-refractivity contribution < 1.29 is 26.7 Å². The first-order valence-electron chi connectivity index (χ1n) is 7.12. The topological polar surface area (TPSA) is 109 Å². The molecular formula is C12H21NO6S2. The van der Waals surface area contributed by atoms with Crippen molar-refractivity contribution in [2.24, 2.45) is 5.92 Å². The highest BCUT2D eigenvalue weighted by atomic mass is 32.2. The number of carbonyl (C=O) groups is 1. The summed E-state index contributed by atoms with van der Waals surface area (Å²) in [7, 11) is -6.62. The molecule has 0 aromatic rings. The Morgan fingerprint density at radius 2 is 1.81 bits per heavy atom. The Morgan fingerprint density at radius 1 is 1.19 bits per heavy atom. The van der Waals surface area contributed by atoms with Crippen LogP contribution in [-0.2, 0) is 24.7 Å². The molecule has 1 N–H and O–H groups in total. The highest BCUT2D eigenvalue weighted by Gasteiger charge is 2.38. The SMILES string of the molecule is O=C(O)CC1CCCN(S(=O)(=O)C2CCS(=O)(=O)CC2)C1. The van der Waals surface area contributed by atoms with E-state index in [1.807, 2.05) is 0 Å². The van der Waals surface area contributed by atoms with Gasteiger partial charge in [0.25, 0.3) is 0 Å². The number of carboxylic acids is 1. The molecule has 1 unspecified atom stereocenters. The summed E-state index contributed by atoms with van der Waals surface area (Å²) in [6.07, 6.45) is 1.64. The van der Waals surface area contributed by atoms with Crippen molar-refractivity contribution in [1.29, 1.82) is 0 Å². The van der Waals surface area contributed by atoms with Gasteiger partial charge in [-0.25, -0.2) is 21.1 Å². The summed E-state index contributed by atoms with van der Waals surface area (Å²) in [5.74, 6) is -1.23. The average Bonchev–Trinajstić information content (AvgIpc) is 2.37. The van der Waals surface area contributed by atoms with Gasteiger partial charge in [0.2, 0.25) is 10.0 Å². The van der Waals surface area contributed by atoms with Gasteiger partial charge in [-0.3, -0.25) is 4.79 Å². The quantitative estimate of drug-likeness (QED) is 0.777. The number of aliphatic carboxylic acids is 1. The molecule has 122 valence electrons. The van der Waals surface area contributed by atoms with Crippen LogP contribution in [0.2, 0.25) is 0 Å². The second-order valence-corrected chi connectivity index (χ2v) is 10.4. The van der Waals surface area contributed by atoms with Crippen LogP contribution < -0.4 is 0 Å². The van der Waals surface area contributed by atoms with Crippen molar-refractivity contribution in [2.75, 3.05) is 24.6 Å². The summed E-state index contributed by atoms with van der Waals surface area (Å²) in [4.78, 5) is 10.8. The number of hydrogen-bond acceptors (Lipinski definition) is 5. The minimum Gasteiger partial charge on any atom is -0.481 e. The van der Waals surface area contributed by atoms with Gasteiger partial charge in [0.15, 0.2) is 0 Å². The second kappa shape index (κ2) is 6.21. The molecule has 0 spiro atoms. The molecular weight excluding hydrogens is 318 g/mol. The second-order valence-electron chi connectivity index (χ2n) is 5.86. The lowest BCUT2D eigenvalue weighted by molar-refractivity contribution is -0.138. The number of carboxylic acid groups (broad SMARTS) is 1. The zero-order valence-corrected chi connectivity index (χ0v) is 13.4. The van der Waals surface area contributed by atoms with Gasteiger partial charge < -0.3 is 5.11 Å². The fourth-order valence-corrected chi connectivity index (χ4v) is 6.89. The van der Waals surface area contributed by atoms with Gasteiger partial charge in [-0.2, -0.15) is 0 Å². The first kappa shape index (κ1) is 16.7. The standard InChI is InChI=1S/C12H21NO6S2/c14-12(15)8-10-2-1-5-13(9-10)21(18,19)11-3-6-20(16,17)7-4-11/h10-11H,1-9H2,(H,14,15). The Balaban J connectivity index is 2.03. The van der Waals surface area contributed by atoms with Gasteiger partial charge in [0.05, 0.1) is 16.8 Å². The monoisotopic (exact) mass is 339 g/mol. The van der Waals surface area contributed by atoms with Crippen molar-refractivity contribution in [3.05, 3.63) is 0 Å². The van der Waals surface area contributed by atoms with Gasteiger partial charge in [-0.05, 0) is 31.6 Å². The molecule has 0 amide bonds. The number of nitrogens with zero attached hydrogens (tertiary/aromatic N) is 1. The zero-order valence-electron chi connectivity index (χ0n) is 11.8. The highest BCUT2D eigenvalue weighted by molar-refractivity contribution is 7.92. The van der Waals surface area contributed by atoms with E-state index in [4.69, 9.17) is 5.11 Å². The molecule has 2 aliphatic rings. The molecule has 2 saturated heterocycles. The molecule has 7 nitrogen and oxygen atoms in total. The molecule has 2 rings (SSSR count). The lowest BCUT2D eigenvalue weighted by Crippen LogP contribution is -2.47. The maximum Gasteiger partial charge on any atom is 0.303 e. The maximum absolute atomic E-state index is 12.6. The van der Waals surface area contributed by atoms with Crippen molar-refractivity contribution >= 4 is 25.8 Å². The first-order chi connectivity index (χ1) is 9.71. The number of rotatable bonds is 4. The van der Waals surface area contributed by atoms with Crippen LogP contribution in [0.15, 0.2) is 0 Å². The molecule has 0 saturated carbocycles. The smallest absolute Gasteiger partial charge is 0.303 e. The van der Waals surface area contributed by atoms with Crippen molar-refractivity contribution in [2.45, 2.75) is 37.4 Å². The predicted molar refractivity (Wildman–Crippen MR) is 77.1 cm³/mol. The molecule has 2 heterocycles. The molecule has 0 aromatic heterocycles. The normalized spacial score (nSPS) is 28.3. The summed E-state index contributed by atoms with van der Waals surface area (Å²) in [5, 5.41) is 8.18. The number of sulfone groups is 1. The molecule has 0 aromatic carbocycles. The van der Waals surface area contributed by atoms with E-state index < -0.39 is 31.1 Å². The zero-order chi connectivity index (χ0) is 15.7. The molecule has 2 aliphatic heterocycles. The van der Waals surface area contributed by atoms with Gasteiger partial charge in [0, 0.05) is 19.5 Å². The molecule has 0 bridgehead atoms. The van der Waals surface area contributed by atoms with Crippen LogP contribution in [0.4, 0.5) is 0 Å². The van der Waals surface area contributed by atoms with E-state index in [1.165, 1.54) is 4.31 Å². The summed E-state index contributed by atoms with van der Waals surface area (Å²) in [6, 6.07) is 0. The third kappa shape index (κ3) is 4.17. The highest BCUT2D eigenvalue weighted by Crippen LogP contribution is 2.27. The summed E-state index contributed by atoms with van der Waals surface area (Å²) in [5.41, 5.74) is 0. The van der Waals surface area contributed by atoms with E-state index in [9.17, 15) is 21.6 Å². The Bertz CT molecular complexity index is 583. The summed E-state index contributed by atoms with van der Waals surface area (Å²) < 4.78 is 49.3. The van der Waals surface area contributed by atoms with Gasteiger partial charge in [-0.1, -0.05) is 0 Å². The lowest BCUT2D eigenvalue weighted by atomic mass is 9.96. The summed E-state index contributed by atoms with van der Waals surface area (Å²) >= 11 is 0. The molecule has 0 radical (unpaired) electrons. The minimum absolute atomic E-state index is 0.0228. The van der Waals surface area contributed by atoms with E-state index in [0.29, 0.717) is 13.0 Å². The van der Waals surface area contributed by atoms with E-state index in [2.05, 4.69) is 0 Å². The molecule has 2 fully saturated rings. The van der Waals surface area contributed by atoms with Crippen LogP contribution >= 0.6 is 0 Å². The number of hydrogen-bond donors (Lipinski definition) is 1. The average molecular weight is 339 g/mol. The van der Waals surface area contributed by atoms with E-state index in [1.54, 1.807) is 0 Å². The van der Waals surface area contributed by atoms with E-state index in [-0.39, 0.29) is 43.2 Å². The fraction of sp³-hybridized carbons (Fsp3) is 0.917. The Hall–Kier alpha value is -0.670. The molecule has 1 atom stereocenters. The van der Waals surface area contributed by atoms with Crippen LogP contribution in [0.3, 0.4) is 0 Å². The van der Waals surface area contributed by atoms with Crippen LogP contribution in [0.5, 0.6) is 0 Å². The first-order valence-corrected chi connectivity index (χ1v) is 10.4. The van der Waals surface area contributed by atoms with E-state index in [0.717, 1.165) is 6.42 Å². The number of piperidine rings is 1. The van der Waals surface area contributed by atoms with Gasteiger partial charge >= 0.3 is 5.97 Å². The van der Waals surface area contributed by atoms with Crippen molar-refractivity contribution in [1.82, 2.24) is 4.31 Å². The maximum atomic E-state index is 12.6. The van der Waals surface area contributed by atoms with Crippen LogP contribution in [0, 0.1) is 5.92 Å². The van der Waals surface area contributed by atoms with Crippen LogP contribution in [-0.4, -0.2) is 62.1 Å².